The van der Waals surface area contributed by atoms with Crippen molar-refractivity contribution in [2.45, 2.75) is 19.6 Å². The Bertz CT molecular complexity index is 1350. The number of hydrogen-bond acceptors (Lipinski definition) is 8. The number of likely N-dealkylation sites (N-methyl/N-ethyl adjacent to an activating group) is 1. The summed E-state index contributed by atoms with van der Waals surface area (Å²) in [5, 5.41) is 18.7. The van der Waals surface area contributed by atoms with Gasteiger partial charge in [-0.3, -0.25) is 14.5 Å². The number of fused-ring (bicyclic) bond motifs is 1. The van der Waals surface area contributed by atoms with Gasteiger partial charge >= 0.3 is 5.97 Å². The zero-order valence-electron chi connectivity index (χ0n) is 20.8. The van der Waals surface area contributed by atoms with Crippen LogP contribution in [0.15, 0.2) is 42.5 Å². The molecule has 0 fully saturated rings. The molecule has 1 atom stereocenters. The summed E-state index contributed by atoms with van der Waals surface area (Å²) < 4.78 is 33.0. The number of hydrogen-bond donors (Lipinski definition) is 3. The van der Waals surface area contributed by atoms with Crippen LogP contribution < -0.4 is 10.0 Å². The summed E-state index contributed by atoms with van der Waals surface area (Å²) in [5.74, 6) is -0.391. The summed E-state index contributed by atoms with van der Waals surface area (Å²) in [6.45, 7) is 2.49. The average Bonchev–Trinajstić information content (AvgIpc) is 3.15. The van der Waals surface area contributed by atoms with Crippen molar-refractivity contribution in [2.75, 3.05) is 44.4 Å². The molecule has 12 heteroatoms. The topological polar surface area (TPSA) is 155 Å². The number of aromatic nitrogens is 2. The van der Waals surface area contributed by atoms with E-state index in [1.54, 1.807) is 54.0 Å². The minimum absolute atomic E-state index is 0.0946. The van der Waals surface area contributed by atoms with Crippen LogP contribution in [-0.4, -0.2) is 79.8 Å². The summed E-state index contributed by atoms with van der Waals surface area (Å²) in [7, 11) is 0.156. The number of esters is 1. The molecule has 2 aromatic carbocycles. The number of benzene rings is 2. The van der Waals surface area contributed by atoms with Crippen molar-refractivity contribution in [3.05, 3.63) is 59.4 Å². The van der Waals surface area contributed by atoms with Crippen LogP contribution in [0.2, 0.25) is 0 Å². The number of carbonyl (C=O) groups is 1. The van der Waals surface area contributed by atoms with Crippen molar-refractivity contribution in [3.63, 3.8) is 0 Å². The number of amidine groups is 1. The van der Waals surface area contributed by atoms with Gasteiger partial charge in [-0.15, -0.1) is 0 Å². The maximum atomic E-state index is 12.5. The van der Waals surface area contributed by atoms with Gasteiger partial charge in [0, 0.05) is 18.7 Å². The molecule has 0 aliphatic heterocycles. The third kappa shape index (κ3) is 6.20. The number of imidazole rings is 1. The first-order valence-corrected chi connectivity index (χ1v) is 13.2. The van der Waals surface area contributed by atoms with E-state index in [2.05, 4.69) is 4.98 Å². The van der Waals surface area contributed by atoms with Gasteiger partial charge in [0.25, 0.3) is 0 Å². The number of sulfonamides is 1. The highest BCUT2D eigenvalue weighted by atomic mass is 32.2. The van der Waals surface area contributed by atoms with E-state index in [1.165, 1.54) is 4.31 Å². The molecule has 194 valence electrons. The molecule has 0 aliphatic carbocycles. The average molecular weight is 517 g/mol. The number of carbonyl (C=O) groups excluding carboxylic acids is 1. The monoisotopic (exact) mass is 516 g/mol. The Balaban J connectivity index is 2.10. The molecule has 1 aromatic heterocycles. The Hall–Kier alpha value is -3.48. The maximum absolute atomic E-state index is 12.5. The van der Waals surface area contributed by atoms with Crippen LogP contribution in [0.1, 0.15) is 30.0 Å². The highest BCUT2D eigenvalue weighted by Gasteiger charge is 2.24. The first kappa shape index (κ1) is 27.1. The molecular weight excluding hydrogens is 484 g/mol. The normalized spacial score (nSPS) is 12.6. The number of ether oxygens (including phenoxy) is 1. The van der Waals surface area contributed by atoms with Crippen LogP contribution in [0.3, 0.4) is 0 Å². The minimum atomic E-state index is -3.56. The third-order valence-corrected chi connectivity index (χ3v) is 6.77. The SMILES string of the molecule is CCOC(=O)Cn1c(C(O)c2ccc(C(=N)N)cc2)nc2cc(N(CCN(C)C)S(C)(=O)=O)ccc21. The van der Waals surface area contributed by atoms with Crippen LogP contribution in [0, 0.1) is 5.41 Å². The van der Waals surface area contributed by atoms with Gasteiger partial charge < -0.3 is 25.0 Å². The lowest BCUT2D eigenvalue weighted by atomic mass is 10.1. The van der Waals surface area contributed by atoms with Gasteiger partial charge in [0.1, 0.15) is 24.3 Å². The van der Waals surface area contributed by atoms with Crippen LogP contribution in [0.4, 0.5) is 5.69 Å². The smallest absolute Gasteiger partial charge is 0.326 e. The van der Waals surface area contributed by atoms with Crippen molar-refractivity contribution < 1.29 is 23.1 Å². The molecule has 3 aromatic rings. The molecule has 0 aliphatic rings. The molecule has 1 heterocycles. The van der Waals surface area contributed by atoms with Crippen LogP contribution in [0.25, 0.3) is 11.0 Å². The van der Waals surface area contributed by atoms with Crippen molar-refractivity contribution in [2.24, 2.45) is 5.73 Å². The standard InChI is InChI=1S/C24H32N6O5S/c1-5-35-21(31)15-29-20-11-10-18(30(36(4,33)34)13-12-28(2)3)14-19(20)27-24(29)22(32)16-6-8-17(9-7-16)23(25)26/h6-11,14,22,32H,5,12-13,15H2,1-4H3,(H3,25,26). The Morgan fingerprint density at radius 3 is 2.42 bits per heavy atom. The second kappa shape index (κ2) is 11.1. The van der Waals surface area contributed by atoms with Crippen LogP contribution in [0.5, 0.6) is 0 Å². The molecule has 0 bridgehead atoms. The third-order valence-electron chi connectivity index (χ3n) is 5.57. The molecule has 0 radical (unpaired) electrons. The molecule has 0 saturated carbocycles. The van der Waals surface area contributed by atoms with Gasteiger partial charge in [-0.2, -0.15) is 0 Å². The van der Waals surface area contributed by atoms with E-state index in [-0.39, 0.29) is 31.4 Å². The van der Waals surface area contributed by atoms with Crippen LogP contribution in [-0.2, 0) is 26.1 Å². The summed E-state index contributed by atoms with van der Waals surface area (Å²) in [6.07, 6.45) is -0.0532. The number of aliphatic hydroxyl groups excluding tert-OH is 1. The molecule has 0 spiro atoms. The number of rotatable bonds is 11. The summed E-state index contributed by atoms with van der Waals surface area (Å²) in [5.41, 5.74) is 7.91. The van der Waals surface area contributed by atoms with E-state index in [0.717, 1.165) is 6.26 Å². The first-order valence-electron chi connectivity index (χ1n) is 11.3. The predicted octanol–water partition coefficient (Wildman–Crippen LogP) is 1.29. The zero-order chi connectivity index (χ0) is 26.6. The van der Waals surface area contributed by atoms with Crippen molar-refractivity contribution in [1.82, 2.24) is 14.5 Å². The largest absolute Gasteiger partial charge is 0.465 e. The second-order valence-corrected chi connectivity index (χ2v) is 10.5. The van der Waals surface area contributed by atoms with Crippen molar-refractivity contribution >= 4 is 38.5 Å². The number of nitrogen functional groups attached to an aromatic ring is 1. The van der Waals surface area contributed by atoms with E-state index < -0.39 is 22.1 Å². The first-order chi connectivity index (χ1) is 16.9. The van der Waals surface area contributed by atoms with Crippen molar-refractivity contribution in [3.8, 4) is 0 Å². The second-order valence-electron chi connectivity index (χ2n) is 8.61. The quantitative estimate of drug-likeness (QED) is 0.196. The lowest BCUT2D eigenvalue weighted by Crippen LogP contribution is -2.36. The Morgan fingerprint density at radius 1 is 1.19 bits per heavy atom. The number of nitrogens with one attached hydrogen (secondary N) is 1. The number of aliphatic hydroxyl groups is 1. The fraction of sp³-hybridized carbons (Fsp3) is 0.375. The van der Waals surface area contributed by atoms with Gasteiger partial charge in [-0.05, 0) is 44.8 Å². The minimum Gasteiger partial charge on any atom is -0.465 e. The Labute approximate surface area is 210 Å². The highest BCUT2D eigenvalue weighted by molar-refractivity contribution is 7.92. The molecule has 11 nitrogen and oxygen atoms in total. The van der Waals surface area contributed by atoms with E-state index in [9.17, 15) is 18.3 Å². The Kier molecular flexibility index (Phi) is 8.33. The van der Waals surface area contributed by atoms with Gasteiger partial charge in [0.2, 0.25) is 10.0 Å². The maximum Gasteiger partial charge on any atom is 0.326 e. The molecule has 1 unspecified atom stereocenters. The van der Waals surface area contributed by atoms with Gasteiger partial charge in [0.05, 0.1) is 29.6 Å². The Morgan fingerprint density at radius 2 is 1.86 bits per heavy atom. The van der Waals surface area contributed by atoms with Gasteiger partial charge in [-0.1, -0.05) is 24.3 Å². The predicted molar refractivity (Wildman–Crippen MR) is 139 cm³/mol. The lowest BCUT2D eigenvalue weighted by molar-refractivity contribution is -0.143. The molecule has 0 saturated heterocycles. The fourth-order valence-corrected chi connectivity index (χ4v) is 4.68. The number of nitrogens with two attached hydrogens (primary N) is 1. The van der Waals surface area contributed by atoms with Gasteiger partial charge in [-0.25, -0.2) is 13.4 Å². The highest BCUT2D eigenvalue weighted by Crippen LogP contribution is 2.29. The molecule has 3 rings (SSSR count). The number of nitrogens with zero attached hydrogens (tertiary/aromatic N) is 4. The van der Waals surface area contributed by atoms with E-state index >= 15 is 0 Å². The number of anilines is 1. The lowest BCUT2D eigenvalue weighted by Gasteiger charge is -2.24. The molecular formula is C24H32N6O5S. The van der Waals surface area contributed by atoms with E-state index in [0.29, 0.717) is 34.4 Å². The van der Waals surface area contributed by atoms with Gasteiger partial charge in [0.15, 0.2) is 0 Å². The molecule has 4 N–H and O–H groups in total. The molecule has 36 heavy (non-hydrogen) atoms. The summed E-state index contributed by atoms with van der Waals surface area (Å²) >= 11 is 0. The van der Waals surface area contributed by atoms with E-state index in [1.807, 2.05) is 19.0 Å². The summed E-state index contributed by atoms with van der Waals surface area (Å²) in [6, 6.07) is 11.5. The zero-order valence-corrected chi connectivity index (χ0v) is 21.6. The van der Waals surface area contributed by atoms with E-state index in [4.69, 9.17) is 15.9 Å². The van der Waals surface area contributed by atoms with Crippen molar-refractivity contribution in [1.29, 1.82) is 5.41 Å². The molecule has 0 amide bonds. The van der Waals surface area contributed by atoms with Crippen LogP contribution >= 0.6 is 0 Å². The summed E-state index contributed by atoms with van der Waals surface area (Å²) in [4.78, 5) is 18.8. The fourth-order valence-electron chi connectivity index (χ4n) is 3.77.